The van der Waals surface area contributed by atoms with Crippen molar-refractivity contribution in [3.8, 4) is 0 Å². The van der Waals surface area contributed by atoms with E-state index >= 15 is 0 Å². The van der Waals surface area contributed by atoms with Gasteiger partial charge in [0.1, 0.15) is 0 Å². The number of nitrogens with one attached hydrogen (secondary N) is 1. The highest BCUT2D eigenvalue weighted by atomic mass is 35.5. The number of hydrazine groups is 1. The van der Waals surface area contributed by atoms with Crippen molar-refractivity contribution in [3.05, 3.63) is 50.9 Å². The van der Waals surface area contributed by atoms with Gasteiger partial charge in [0.05, 0.1) is 11.0 Å². The molecule has 0 bridgehead atoms. The molecule has 3 N–H and O–H groups in total. The molecular weight excluding hydrogens is 254 g/mol. The van der Waals surface area contributed by atoms with Crippen LogP contribution < -0.4 is 11.3 Å². The normalized spacial score (nSPS) is 12.6. The maximum atomic E-state index is 5.86. The highest BCUT2D eigenvalue weighted by Gasteiger charge is 2.12. The minimum atomic E-state index is 0.0674. The fraction of sp³-hybridized carbons (Fsp3) is 0.250. The van der Waals surface area contributed by atoms with E-state index < -0.39 is 0 Å². The smallest absolute Gasteiger partial charge is 0.0947 e. The van der Waals surface area contributed by atoms with Gasteiger partial charge in [-0.05, 0) is 24.6 Å². The highest BCUT2D eigenvalue weighted by Crippen LogP contribution is 2.21. The highest BCUT2D eigenvalue weighted by molar-refractivity contribution is 7.09. The lowest BCUT2D eigenvalue weighted by Gasteiger charge is -2.14. The molecule has 0 aliphatic carbocycles. The Bertz CT molecular complexity index is 481. The first-order valence-electron chi connectivity index (χ1n) is 5.31. The molecule has 0 amide bonds. The van der Waals surface area contributed by atoms with Crippen molar-refractivity contribution < 1.29 is 0 Å². The minimum absolute atomic E-state index is 0.0674. The molecule has 1 heterocycles. The molecule has 0 aliphatic rings. The van der Waals surface area contributed by atoms with E-state index in [2.05, 4.69) is 10.4 Å². The molecule has 3 nitrogen and oxygen atoms in total. The Labute approximate surface area is 110 Å². The molecule has 0 spiro atoms. The van der Waals surface area contributed by atoms with Gasteiger partial charge in [0.25, 0.3) is 0 Å². The molecule has 2 rings (SSSR count). The van der Waals surface area contributed by atoms with Crippen molar-refractivity contribution in [1.82, 2.24) is 10.4 Å². The Morgan fingerprint density at radius 2 is 2.12 bits per heavy atom. The molecule has 1 unspecified atom stereocenters. The molecule has 0 saturated heterocycles. The number of thiazole rings is 1. The zero-order chi connectivity index (χ0) is 12.3. The van der Waals surface area contributed by atoms with Gasteiger partial charge in [0.2, 0.25) is 0 Å². The van der Waals surface area contributed by atoms with E-state index in [1.54, 1.807) is 11.3 Å². The molecule has 0 aliphatic heterocycles. The molecular formula is C12H14ClN3S. The van der Waals surface area contributed by atoms with Gasteiger partial charge >= 0.3 is 0 Å². The third-order valence-electron chi connectivity index (χ3n) is 2.52. The number of nitrogens with zero attached hydrogens (tertiary/aromatic N) is 1. The van der Waals surface area contributed by atoms with E-state index in [-0.39, 0.29) is 6.04 Å². The standard InChI is InChI=1S/C12H14ClN3S/c1-8-7-17-12(15-8)6-11(16-14)9-2-4-10(13)5-3-9/h2-5,7,11,16H,6,14H2,1H3. The summed E-state index contributed by atoms with van der Waals surface area (Å²) in [7, 11) is 0. The summed E-state index contributed by atoms with van der Waals surface area (Å²) in [5.74, 6) is 5.59. The number of nitrogens with two attached hydrogens (primary N) is 1. The first-order valence-corrected chi connectivity index (χ1v) is 6.57. The number of hydrogen-bond acceptors (Lipinski definition) is 4. The van der Waals surface area contributed by atoms with Crippen molar-refractivity contribution in [3.63, 3.8) is 0 Å². The zero-order valence-corrected chi connectivity index (χ0v) is 11.1. The molecule has 0 radical (unpaired) electrons. The molecule has 17 heavy (non-hydrogen) atoms. The second kappa shape index (κ2) is 5.60. The maximum absolute atomic E-state index is 5.86. The fourth-order valence-electron chi connectivity index (χ4n) is 1.64. The first kappa shape index (κ1) is 12.5. The Hall–Kier alpha value is -0.940. The van der Waals surface area contributed by atoms with E-state index in [0.29, 0.717) is 0 Å². The van der Waals surface area contributed by atoms with Crippen LogP contribution in [0.5, 0.6) is 0 Å². The first-order chi connectivity index (χ1) is 8.19. The van der Waals surface area contributed by atoms with E-state index in [0.717, 1.165) is 27.7 Å². The Morgan fingerprint density at radius 3 is 2.65 bits per heavy atom. The number of benzene rings is 1. The van der Waals surface area contributed by atoms with Crippen LogP contribution in [0.25, 0.3) is 0 Å². The average molecular weight is 268 g/mol. The lowest BCUT2D eigenvalue weighted by Crippen LogP contribution is -2.29. The van der Waals surface area contributed by atoms with Crippen LogP contribution in [0.15, 0.2) is 29.6 Å². The van der Waals surface area contributed by atoms with E-state index in [1.165, 1.54) is 0 Å². The van der Waals surface area contributed by atoms with Gasteiger partial charge in [-0.25, -0.2) is 4.98 Å². The quantitative estimate of drug-likeness (QED) is 0.662. The predicted octanol–water partition coefficient (Wildman–Crippen LogP) is 2.85. The van der Waals surface area contributed by atoms with Crippen LogP contribution in [0.1, 0.15) is 22.3 Å². The maximum Gasteiger partial charge on any atom is 0.0947 e. The van der Waals surface area contributed by atoms with Crippen LogP contribution in [-0.2, 0) is 6.42 Å². The zero-order valence-electron chi connectivity index (χ0n) is 9.48. The summed E-state index contributed by atoms with van der Waals surface area (Å²) in [5, 5.41) is 3.86. The Kier molecular flexibility index (Phi) is 4.12. The topological polar surface area (TPSA) is 50.9 Å². The Balaban J connectivity index is 2.13. The minimum Gasteiger partial charge on any atom is -0.271 e. The van der Waals surface area contributed by atoms with Crippen LogP contribution in [-0.4, -0.2) is 4.98 Å². The van der Waals surface area contributed by atoms with Gasteiger partial charge in [-0.15, -0.1) is 11.3 Å². The summed E-state index contributed by atoms with van der Waals surface area (Å²) < 4.78 is 0. The lowest BCUT2D eigenvalue weighted by atomic mass is 10.1. The summed E-state index contributed by atoms with van der Waals surface area (Å²) in [6.07, 6.45) is 0.788. The number of rotatable bonds is 4. The summed E-state index contributed by atoms with van der Waals surface area (Å²) in [4.78, 5) is 4.44. The van der Waals surface area contributed by atoms with Crippen molar-refractivity contribution in [1.29, 1.82) is 0 Å². The molecule has 0 saturated carbocycles. The summed E-state index contributed by atoms with van der Waals surface area (Å²) >= 11 is 7.52. The van der Waals surface area contributed by atoms with Crippen molar-refractivity contribution in [2.75, 3.05) is 0 Å². The second-order valence-corrected chi connectivity index (χ2v) is 5.24. The van der Waals surface area contributed by atoms with Crippen LogP contribution in [0.4, 0.5) is 0 Å². The third-order valence-corrected chi connectivity index (χ3v) is 3.76. The van der Waals surface area contributed by atoms with Crippen molar-refractivity contribution >= 4 is 22.9 Å². The lowest BCUT2D eigenvalue weighted by molar-refractivity contribution is 0.550. The van der Waals surface area contributed by atoms with Gasteiger partial charge < -0.3 is 0 Å². The number of aryl methyl sites for hydroxylation is 1. The summed E-state index contributed by atoms with van der Waals surface area (Å²) in [5.41, 5.74) is 4.99. The molecule has 90 valence electrons. The van der Waals surface area contributed by atoms with E-state index in [1.807, 2.05) is 36.6 Å². The van der Waals surface area contributed by atoms with E-state index in [9.17, 15) is 0 Å². The largest absolute Gasteiger partial charge is 0.271 e. The number of hydrogen-bond donors (Lipinski definition) is 2. The molecule has 5 heteroatoms. The molecule has 1 aromatic heterocycles. The molecule has 0 fully saturated rings. The van der Waals surface area contributed by atoms with Crippen molar-refractivity contribution in [2.24, 2.45) is 5.84 Å². The monoisotopic (exact) mass is 267 g/mol. The van der Waals surface area contributed by atoms with E-state index in [4.69, 9.17) is 17.4 Å². The van der Waals surface area contributed by atoms with Crippen LogP contribution in [0.2, 0.25) is 5.02 Å². The van der Waals surface area contributed by atoms with Crippen LogP contribution >= 0.6 is 22.9 Å². The van der Waals surface area contributed by atoms with Gasteiger partial charge in [-0.1, -0.05) is 23.7 Å². The predicted molar refractivity (Wildman–Crippen MR) is 72.1 cm³/mol. The fourth-order valence-corrected chi connectivity index (χ4v) is 2.58. The van der Waals surface area contributed by atoms with Gasteiger partial charge in [-0.3, -0.25) is 11.3 Å². The Morgan fingerprint density at radius 1 is 1.41 bits per heavy atom. The summed E-state index contributed by atoms with van der Waals surface area (Å²) in [6.45, 7) is 1.99. The molecule has 1 aromatic carbocycles. The third kappa shape index (κ3) is 3.26. The molecule has 1 atom stereocenters. The SMILES string of the molecule is Cc1csc(CC(NN)c2ccc(Cl)cc2)n1. The van der Waals surface area contributed by atoms with Gasteiger partial charge in [-0.2, -0.15) is 0 Å². The van der Waals surface area contributed by atoms with Gasteiger partial charge in [0.15, 0.2) is 0 Å². The summed E-state index contributed by atoms with van der Waals surface area (Å²) in [6, 6.07) is 7.77. The van der Waals surface area contributed by atoms with Crippen LogP contribution in [0.3, 0.4) is 0 Å². The number of aromatic nitrogens is 1. The van der Waals surface area contributed by atoms with Gasteiger partial charge in [0, 0.05) is 22.5 Å². The van der Waals surface area contributed by atoms with Crippen LogP contribution in [0, 0.1) is 6.92 Å². The average Bonchev–Trinajstić information content (AvgIpc) is 2.73. The molecule has 2 aromatic rings. The number of halogens is 1. The van der Waals surface area contributed by atoms with Crippen molar-refractivity contribution in [2.45, 2.75) is 19.4 Å². The second-order valence-electron chi connectivity index (χ2n) is 3.86.